The van der Waals surface area contributed by atoms with Crippen molar-refractivity contribution in [1.82, 2.24) is 4.98 Å². The Labute approximate surface area is 144 Å². The van der Waals surface area contributed by atoms with Gasteiger partial charge in [-0.05, 0) is 35.9 Å². The Morgan fingerprint density at radius 1 is 1.00 bits per heavy atom. The Bertz CT molecular complexity index is 767. The lowest BCUT2D eigenvalue weighted by Crippen LogP contribution is -2.38. The summed E-state index contributed by atoms with van der Waals surface area (Å²) in [6.07, 6.45) is -5.92. The summed E-state index contributed by atoms with van der Waals surface area (Å²) in [7, 11) is 0. The average Bonchev–Trinajstić information content (AvgIpc) is 2.57. The van der Waals surface area contributed by atoms with Crippen molar-refractivity contribution in [2.75, 3.05) is 11.4 Å². The molecule has 0 N–H and O–H groups in total. The molecular weight excluding hydrogens is 362 g/mol. The molecule has 2 aromatic rings. The molecule has 138 valence electrons. The van der Waals surface area contributed by atoms with Gasteiger partial charge < -0.3 is 0 Å². The minimum Gasteiger partial charge on any atom is -0.284 e. The molecule has 0 unspecified atom stereocenters. The number of alkyl halides is 6. The van der Waals surface area contributed by atoms with Crippen LogP contribution in [0.2, 0.25) is 0 Å². The Morgan fingerprint density at radius 2 is 1.65 bits per heavy atom. The monoisotopic (exact) mass is 374 g/mol. The summed E-state index contributed by atoms with van der Waals surface area (Å²) in [4.78, 5) is 16.3. The second-order valence-corrected chi connectivity index (χ2v) is 5.18. The molecule has 1 heterocycles. The van der Waals surface area contributed by atoms with Crippen LogP contribution >= 0.6 is 0 Å². The van der Waals surface area contributed by atoms with E-state index in [1.165, 1.54) is 24.4 Å². The third-order valence-electron chi connectivity index (χ3n) is 3.19. The van der Waals surface area contributed by atoms with Crippen molar-refractivity contribution < 1.29 is 31.1 Å². The van der Waals surface area contributed by atoms with Gasteiger partial charge in [-0.25, -0.2) is 4.98 Å². The maximum Gasteiger partial charge on any atom is 0.416 e. The fourth-order valence-corrected chi connectivity index (χ4v) is 2.01. The summed E-state index contributed by atoms with van der Waals surface area (Å²) in [6.45, 7) is -1.54. The minimum atomic E-state index is -4.64. The molecule has 1 amide bonds. The number of anilines is 1. The number of nitrogens with zero attached hydrogens (tertiary/aromatic N) is 2. The number of pyridine rings is 1. The fraction of sp³-hybridized carbons (Fsp3) is 0.176. The topological polar surface area (TPSA) is 33.2 Å². The zero-order valence-corrected chi connectivity index (χ0v) is 13.1. The molecule has 0 aliphatic carbocycles. The SMILES string of the molecule is O=C(/C=C/c1ccc(C(F)(F)F)cc1)N(CC(F)(F)F)c1ccccn1. The molecule has 0 atom stereocenters. The van der Waals surface area contributed by atoms with Gasteiger partial charge in [-0.1, -0.05) is 18.2 Å². The maximum atomic E-state index is 12.7. The van der Waals surface area contributed by atoms with Gasteiger partial charge >= 0.3 is 12.4 Å². The summed E-state index contributed by atoms with van der Waals surface area (Å²) >= 11 is 0. The second kappa shape index (κ2) is 7.59. The average molecular weight is 374 g/mol. The van der Waals surface area contributed by atoms with Crippen LogP contribution in [-0.4, -0.2) is 23.6 Å². The number of hydrogen-bond donors (Lipinski definition) is 0. The molecule has 0 saturated carbocycles. The first-order valence-electron chi connectivity index (χ1n) is 7.21. The van der Waals surface area contributed by atoms with Crippen LogP contribution in [0.3, 0.4) is 0 Å². The molecule has 0 spiro atoms. The molecule has 2 rings (SSSR count). The van der Waals surface area contributed by atoms with E-state index in [1.807, 2.05) is 0 Å². The van der Waals surface area contributed by atoms with Gasteiger partial charge in [0, 0.05) is 12.3 Å². The highest BCUT2D eigenvalue weighted by atomic mass is 19.4. The van der Waals surface area contributed by atoms with Crippen LogP contribution in [0.25, 0.3) is 6.08 Å². The number of aromatic nitrogens is 1. The van der Waals surface area contributed by atoms with E-state index < -0.39 is 30.4 Å². The van der Waals surface area contributed by atoms with Gasteiger partial charge in [-0.3, -0.25) is 9.69 Å². The first-order chi connectivity index (χ1) is 12.1. The van der Waals surface area contributed by atoms with Crippen LogP contribution in [0.1, 0.15) is 11.1 Å². The van der Waals surface area contributed by atoms with Crippen molar-refractivity contribution >= 4 is 17.8 Å². The van der Waals surface area contributed by atoms with Crippen molar-refractivity contribution in [2.24, 2.45) is 0 Å². The van der Waals surface area contributed by atoms with E-state index in [2.05, 4.69) is 4.98 Å². The van der Waals surface area contributed by atoms with Crippen LogP contribution in [0.15, 0.2) is 54.7 Å². The molecule has 0 radical (unpaired) electrons. The van der Waals surface area contributed by atoms with Gasteiger partial charge in [0.25, 0.3) is 5.91 Å². The van der Waals surface area contributed by atoms with Crippen molar-refractivity contribution in [3.63, 3.8) is 0 Å². The number of halogens is 6. The van der Waals surface area contributed by atoms with E-state index in [9.17, 15) is 31.1 Å². The van der Waals surface area contributed by atoms with Gasteiger partial charge in [-0.2, -0.15) is 26.3 Å². The van der Waals surface area contributed by atoms with Crippen LogP contribution in [0.4, 0.5) is 32.2 Å². The third kappa shape index (κ3) is 5.61. The van der Waals surface area contributed by atoms with E-state index in [1.54, 1.807) is 0 Å². The van der Waals surface area contributed by atoms with Gasteiger partial charge in [0.05, 0.1) is 5.56 Å². The predicted octanol–water partition coefficient (Wildman–Crippen LogP) is 4.71. The second-order valence-electron chi connectivity index (χ2n) is 5.18. The summed E-state index contributed by atoms with van der Waals surface area (Å²) in [6, 6.07) is 8.02. The number of hydrogen-bond acceptors (Lipinski definition) is 2. The normalized spacial score (nSPS) is 12.4. The first kappa shape index (κ1) is 19.5. The van der Waals surface area contributed by atoms with Crippen molar-refractivity contribution in [2.45, 2.75) is 12.4 Å². The van der Waals surface area contributed by atoms with Crippen LogP contribution in [0.5, 0.6) is 0 Å². The Kier molecular flexibility index (Phi) is 5.69. The molecule has 26 heavy (non-hydrogen) atoms. The highest BCUT2D eigenvalue weighted by molar-refractivity contribution is 6.03. The molecule has 9 heteroatoms. The number of carbonyl (C=O) groups excluding carboxylic acids is 1. The van der Waals surface area contributed by atoms with E-state index in [-0.39, 0.29) is 11.4 Å². The van der Waals surface area contributed by atoms with Gasteiger partial charge in [0.1, 0.15) is 12.4 Å². The Balaban J connectivity index is 2.19. The van der Waals surface area contributed by atoms with E-state index in [4.69, 9.17) is 0 Å². The molecule has 0 fully saturated rings. The lowest BCUT2D eigenvalue weighted by atomic mass is 10.1. The van der Waals surface area contributed by atoms with E-state index in [0.29, 0.717) is 4.90 Å². The molecule has 0 aliphatic heterocycles. The molecule has 1 aromatic heterocycles. The molecule has 0 bridgehead atoms. The van der Waals surface area contributed by atoms with Crippen molar-refractivity contribution in [1.29, 1.82) is 0 Å². The van der Waals surface area contributed by atoms with Gasteiger partial charge in [0.15, 0.2) is 0 Å². The maximum absolute atomic E-state index is 12.7. The summed E-state index contributed by atoms with van der Waals surface area (Å²) < 4.78 is 75.6. The van der Waals surface area contributed by atoms with Crippen molar-refractivity contribution in [3.8, 4) is 0 Å². The van der Waals surface area contributed by atoms with Crippen LogP contribution in [0, 0.1) is 0 Å². The molecular formula is C17H12F6N2O. The molecule has 0 aliphatic rings. The third-order valence-corrected chi connectivity index (χ3v) is 3.19. The Morgan fingerprint density at radius 3 is 2.15 bits per heavy atom. The first-order valence-corrected chi connectivity index (χ1v) is 7.21. The van der Waals surface area contributed by atoms with Crippen LogP contribution < -0.4 is 4.90 Å². The standard InChI is InChI=1S/C17H12F6N2O/c18-16(19,20)11-25(14-3-1-2-10-24-14)15(26)9-6-12-4-7-13(8-5-12)17(21,22)23/h1-10H,11H2/b9-6+. The minimum absolute atomic E-state index is 0.188. The highest BCUT2D eigenvalue weighted by Gasteiger charge is 2.33. The van der Waals surface area contributed by atoms with Crippen LogP contribution in [-0.2, 0) is 11.0 Å². The summed E-state index contributed by atoms with van der Waals surface area (Å²) in [5, 5.41) is 0. The smallest absolute Gasteiger partial charge is 0.284 e. The quantitative estimate of drug-likeness (QED) is 0.574. The Hall–Kier alpha value is -2.84. The van der Waals surface area contributed by atoms with E-state index in [0.717, 1.165) is 36.4 Å². The van der Waals surface area contributed by atoms with E-state index >= 15 is 0 Å². The largest absolute Gasteiger partial charge is 0.416 e. The van der Waals surface area contributed by atoms with Crippen molar-refractivity contribution in [3.05, 3.63) is 65.9 Å². The number of rotatable bonds is 4. The summed E-state index contributed by atoms with van der Waals surface area (Å²) in [5.74, 6) is -1.19. The molecule has 0 saturated heterocycles. The van der Waals surface area contributed by atoms with Gasteiger partial charge in [-0.15, -0.1) is 0 Å². The fourth-order valence-electron chi connectivity index (χ4n) is 2.01. The van der Waals surface area contributed by atoms with Gasteiger partial charge in [0.2, 0.25) is 0 Å². The molecule has 1 aromatic carbocycles. The number of carbonyl (C=O) groups is 1. The zero-order valence-electron chi connectivity index (χ0n) is 13.1. The predicted molar refractivity (Wildman–Crippen MR) is 83.1 cm³/mol. The highest BCUT2D eigenvalue weighted by Crippen LogP contribution is 2.29. The number of amides is 1. The lowest BCUT2D eigenvalue weighted by molar-refractivity contribution is -0.137. The zero-order chi connectivity index (χ0) is 19.4. The molecule has 3 nitrogen and oxygen atoms in total. The number of benzene rings is 1. The summed E-state index contributed by atoms with van der Waals surface area (Å²) in [5.41, 5.74) is -0.632. The lowest BCUT2D eigenvalue weighted by Gasteiger charge is -2.21.